The Morgan fingerprint density at radius 3 is 2.47 bits per heavy atom. The highest BCUT2D eigenvalue weighted by molar-refractivity contribution is 6.15. The first kappa shape index (κ1) is 22.8. The standard InChI is InChI=1S/C28H31NO5/c1-17-9-11-18(12-10-17)22(30)15-21-19-7-5-6-8-20(19)23(31)29(21)24(32)28-14-13-27(4,26(28,2)3)16-34-25(28)33/h5-12,21-22,30H,13-16H2,1-4H3/t21-,22+,27-,28-/m0/s1. The minimum atomic E-state index is -1.43. The highest BCUT2D eigenvalue weighted by Crippen LogP contribution is 2.67. The summed E-state index contributed by atoms with van der Waals surface area (Å²) in [5.74, 6) is -1.47. The van der Waals surface area contributed by atoms with Gasteiger partial charge in [-0.3, -0.25) is 19.3 Å². The molecule has 2 amide bonds. The number of carbonyl (C=O) groups is 3. The molecule has 4 atom stereocenters. The van der Waals surface area contributed by atoms with Gasteiger partial charge in [0.2, 0.25) is 5.91 Å². The summed E-state index contributed by atoms with van der Waals surface area (Å²) < 4.78 is 5.55. The minimum Gasteiger partial charge on any atom is -0.464 e. The molecule has 1 saturated carbocycles. The number of carbonyl (C=O) groups excluding carboxylic acids is 3. The van der Waals surface area contributed by atoms with Gasteiger partial charge in [-0.15, -0.1) is 0 Å². The van der Waals surface area contributed by atoms with Crippen LogP contribution in [0, 0.1) is 23.2 Å². The van der Waals surface area contributed by atoms with Crippen LogP contribution in [0.3, 0.4) is 0 Å². The van der Waals surface area contributed by atoms with Gasteiger partial charge < -0.3 is 9.84 Å². The molecular formula is C28H31NO5. The molecule has 2 fully saturated rings. The number of hydrogen-bond acceptors (Lipinski definition) is 5. The van der Waals surface area contributed by atoms with E-state index in [4.69, 9.17) is 4.74 Å². The summed E-state index contributed by atoms with van der Waals surface area (Å²) >= 11 is 0. The van der Waals surface area contributed by atoms with Crippen molar-refractivity contribution >= 4 is 17.8 Å². The molecule has 2 aliphatic heterocycles. The Balaban J connectivity index is 1.57. The first-order chi connectivity index (χ1) is 16.0. The summed E-state index contributed by atoms with van der Waals surface area (Å²) in [5, 5.41) is 11.1. The molecule has 6 nitrogen and oxygen atoms in total. The molecular weight excluding hydrogens is 430 g/mol. The third-order valence-corrected chi connectivity index (χ3v) is 9.07. The molecule has 1 aliphatic carbocycles. The van der Waals surface area contributed by atoms with Crippen LogP contribution in [0.15, 0.2) is 48.5 Å². The number of nitrogens with zero attached hydrogens (tertiary/aromatic N) is 1. The lowest BCUT2D eigenvalue weighted by Crippen LogP contribution is -2.61. The van der Waals surface area contributed by atoms with Crippen LogP contribution < -0.4 is 0 Å². The summed E-state index contributed by atoms with van der Waals surface area (Å²) in [6, 6.07) is 14.0. The third-order valence-electron chi connectivity index (χ3n) is 9.07. The summed E-state index contributed by atoms with van der Waals surface area (Å²) in [5.41, 5.74) is 0.492. The average Bonchev–Trinajstić information content (AvgIpc) is 3.13. The van der Waals surface area contributed by atoms with Crippen molar-refractivity contribution < 1.29 is 24.2 Å². The van der Waals surface area contributed by atoms with Gasteiger partial charge in [0, 0.05) is 17.4 Å². The molecule has 1 N–H and O–H groups in total. The van der Waals surface area contributed by atoms with Gasteiger partial charge in [-0.05, 0) is 42.4 Å². The molecule has 178 valence electrons. The Morgan fingerprint density at radius 2 is 1.76 bits per heavy atom. The van der Waals surface area contributed by atoms with Crippen molar-refractivity contribution in [2.24, 2.45) is 16.2 Å². The smallest absolute Gasteiger partial charge is 0.322 e. The quantitative estimate of drug-likeness (QED) is 0.411. The van der Waals surface area contributed by atoms with Gasteiger partial charge in [-0.1, -0.05) is 68.8 Å². The number of aliphatic hydroxyl groups excluding tert-OH is 1. The number of aliphatic hydroxyl groups is 1. The molecule has 2 heterocycles. The van der Waals surface area contributed by atoms with Crippen LogP contribution in [0.1, 0.15) is 79.2 Å². The number of ether oxygens (including phenoxy) is 1. The van der Waals surface area contributed by atoms with Gasteiger partial charge in [0.25, 0.3) is 5.91 Å². The van der Waals surface area contributed by atoms with Crippen molar-refractivity contribution in [3.05, 3.63) is 70.8 Å². The molecule has 5 rings (SSSR count). The van der Waals surface area contributed by atoms with E-state index in [-0.39, 0.29) is 18.4 Å². The Bertz CT molecular complexity index is 1190. The number of amides is 2. The molecule has 6 heteroatoms. The number of esters is 1. The molecule has 2 aromatic rings. The zero-order valence-electron chi connectivity index (χ0n) is 20.1. The Labute approximate surface area is 199 Å². The number of fused-ring (bicyclic) bond motifs is 3. The zero-order chi connectivity index (χ0) is 24.5. The first-order valence-electron chi connectivity index (χ1n) is 11.9. The van der Waals surface area contributed by atoms with Crippen LogP contribution in [0.4, 0.5) is 0 Å². The lowest BCUT2D eigenvalue weighted by atomic mass is 9.57. The van der Waals surface area contributed by atoms with E-state index in [1.807, 2.05) is 64.1 Å². The zero-order valence-corrected chi connectivity index (χ0v) is 20.1. The van der Waals surface area contributed by atoms with Crippen molar-refractivity contribution in [2.75, 3.05) is 6.61 Å². The lowest BCUT2D eigenvalue weighted by Gasteiger charge is -2.51. The van der Waals surface area contributed by atoms with E-state index >= 15 is 0 Å². The lowest BCUT2D eigenvalue weighted by molar-refractivity contribution is -0.192. The van der Waals surface area contributed by atoms with E-state index in [0.29, 0.717) is 24.0 Å². The van der Waals surface area contributed by atoms with E-state index in [0.717, 1.165) is 11.1 Å². The fourth-order valence-electron chi connectivity index (χ4n) is 6.22. The van der Waals surface area contributed by atoms with Crippen molar-refractivity contribution in [3.63, 3.8) is 0 Å². The van der Waals surface area contributed by atoms with E-state index in [9.17, 15) is 19.5 Å². The Morgan fingerprint density at radius 1 is 1.09 bits per heavy atom. The van der Waals surface area contributed by atoms with Gasteiger partial charge >= 0.3 is 5.97 Å². The van der Waals surface area contributed by atoms with Gasteiger partial charge in [0.1, 0.15) is 0 Å². The highest BCUT2D eigenvalue weighted by atomic mass is 16.5. The maximum absolute atomic E-state index is 14.3. The van der Waals surface area contributed by atoms with E-state index in [1.165, 1.54) is 4.90 Å². The number of cyclic esters (lactones) is 1. The highest BCUT2D eigenvalue weighted by Gasteiger charge is 2.73. The van der Waals surface area contributed by atoms with Crippen molar-refractivity contribution in [3.8, 4) is 0 Å². The van der Waals surface area contributed by atoms with Gasteiger partial charge in [0.15, 0.2) is 5.41 Å². The fraction of sp³-hybridized carbons (Fsp3) is 0.464. The van der Waals surface area contributed by atoms with E-state index in [1.54, 1.807) is 12.1 Å². The summed E-state index contributed by atoms with van der Waals surface area (Å²) in [7, 11) is 0. The van der Waals surface area contributed by atoms with Crippen LogP contribution in [0.25, 0.3) is 0 Å². The van der Waals surface area contributed by atoms with Crippen molar-refractivity contribution in [1.29, 1.82) is 0 Å². The molecule has 3 aliphatic rings. The third kappa shape index (κ3) is 2.87. The second-order valence-electron chi connectivity index (χ2n) is 10.9. The molecule has 2 aromatic carbocycles. The molecule has 2 bridgehead atoms. The van der Waals surface area contributed by atoms with E-state index < -0.39 is 40.8 Å². The predicted molar refractivity (Wildman–Crippen MR) is 126 cm³/mol. The monoisotopic (exact) mass is 461 g/mol. The summed E-state index contributed by atoms with van der Waals surface area (Å²) in [4.78, 5) is 42.4. The van der Waals surface area contributed by atoms with Crippen LogP contribution in [0.2, 0.25) is 0 Å². The second-order valence-corrected chi connectivity index (χ2v) is 10.9. The topological polar surface area (TPSA) is 83.9 Å². The van der Waals surface area contributed by atoms with Crippen LogP contribution in [0.5, 0.6) is 0 Å². The van der Waals surface area contributed by atoms with E-state index in [2.05, 4.69) is 0 Å². The average molecular weight is 462 g/mol. The van der Waals surface area contributed by atoms with Crippen molar-refractivity contribution in [2.45, 2.75) is 59.1 Å². The summed E-state index contributed by atoms with van der Waals surface area (Å²) in [6.07, 6.45) is 0.294. The molecule has 1 saturated heterocycles. The Kier molecular flexibility index (Phi) is 5.03. The normalized spacial score (nSPS) is 30.1. The van der Waals surface area contributed by atoms with Gasteiger partial charge in [-0.25, -0.2) is 0 Å². The fourth-order valence-corrected chi connectivity index (χ4v) is 6.22. The largest absolute Gasteiger partial charge is 0.464 e. The summed E-state index contributed by atoms with van der Waals surface area (Å²) in [6.45, 7) is 8.19. The van der Waals surface area contributed by atoms with Gasteiger partial charge in [-0.2, -0.15) is 0 Å². The number of benzene rings is 2. The molecule has 0 radical (unpaired) electrons. The van der Waals surface area contributed by atoms with Crippen molar-refractivity contribution in [1.82, 2.24) is 4.90 Å². The molecule has 0 aromatic heterocycles. The number of aryl methyl sites for hydroxylation is 1. The molecule has 0 unspecified atom stereocenters. The van der Waals surface area contributed by atoms with Gasteiger partial charge in [0.05, 0.1) is 18.8 Å². The SMILES string of the molecule is Cc1ccc([C@H](O)C[C@H]2c3ccccc3C(=O)N2C(=O)[C@@]23CC[C@@](C)(COC2=O)C3(C)C)cc1. The number of imide groups is 1. The first-order valence-corrected chi connectivity index (χ1v) is 11.9. The Hall–Kier alpha value is -2.99. The molecule has 0 spiro atoms. The van der Waals surface area contributed by atoms with Crippen LogP contribution in [-0.4, -0.2) is 34.4 Å². The minimum absolute atomic E-state index is 0.153. The van der Waals surface area contributed by atoms with Crippen LogP contribution in [-0.2, 0) is 14.3 Å². The number of hydrogen-bond donors (Lipinski definition) is 1. The predicted octanol–water partition coefficient (Wildman–Crippen LogP) is 4.51. The maximum Gasteiger partial charge on any atom is 0.322 e. The van der Waals surface area contributed by atoms with Crippen LogP contribution >= 0.6 is 0 Å². The molecule has 34 heavy (non-hydrogen) atoms. The number of rotatable bonds is 4. The second kappa shape index (κ2) is 7.51. The maximum atomic E-state index is 14.3.